The van der Waals surface area contributed by atoms with Crippen molar-refractivity contribution in [2.45, 2.75) is 0 Å². The molecule has 0 unspecified atom stereocenters. The standard InChI is InChI=1S/C20H11ClO3/c21-18-16(24-12-6-2-1-3-7-12)11-10-15-17(18)20(23)14-9-5-4-8-13(14)19(15)22/h1-11H. The molecule has 0 aliphatic heterocycles. The topological polar surface area (TPSA) is 43.4 Å². The number of carbonyl (C=O) groups is 2. The Morgan fingerprint density at radius 2 is 1.29 bits per heavy atom. The largest absolute Gasteiger partial charge is 0.456 e. The summed E-state index contributed by atoms with van der Waals surface area (Å²) in [7, 11) is 0. The van der Waals surface area contributed by atoms with Gasteiger partial charge in [0.1, 0.15) is 11.5 Å². The van der Waals surface area contributed by atoms with Gasteiger partial charge >= 0.3 is 0 Å². The van der Waals surface area contributed by atoms with Gasteiger partial charge in [0.25, 0.3) is 0 Å². The highest BCUT2D eigenvalue weighted by atomic mass is 35.5. The minimum Gasteiger partial charge on any atom is -0.456 e. The molecule has 0 atom stereocenters. The van der Waals surface area contributed by atoms with Crippen molar-refractivity contribution in [3.63, 3.8) is 0 Å². The second-order valence-electron chi connectivity index (χ2n) is 5.42. The summed E-state index contributed by atoms with van der Waals surface area (Å²) in [5.74, 6) is 0.494. The number of rotatable bonds is 2. The number of halogens is 1. The quantitative estimate of drug-likeness (QED) is 0.523. The Morgan fingerprint density at radius 3 is 2.00 bits per heavy atom. The van der Waals surface area contributed by atoms with Gasteiger partial charge in [-0.25, -0.2) is 0 Å². The molecule has 3 aromatic carbocycles. The predicted octanol–water partition coefficient (Wildman–Crippen LogP) is 4.91. The van der Waals surface area contributed by atoms with Crippen molar-refractivity contribution < 1.29 is 14.3 Å². The summed E-state index contributed by atoms with van der Waals surface area (Å²) in [5, 5.41) is 0.157. The first kappa shape index (κ1) is 14.7. The van der Waals surface area contributed by atoms with Crippen LogP contribution in [0.4, 0.5) is 0 Å². The fourth-order valence-electron chi connectivity index (χ4n) is 2.82. The molecule has 24 heavy (non-hydrogen) atoms. The van der Waals surface area contributed by atoms with Crippen molar-refractivity contribution in [3.8, 4) is 11.5 Å². The molecule has 0 spiro atoms. The summed E-state index contributed by atoms with van der Waals surface area (Å²) in [6, 6.07) is 19.1. The third-order valence-corrected chi connectivity index (χ3v) is 4.34. The molecule has 0 amide bonds. The molecule has 1 aliphatic rings. The molecule has 0 aromatic heterocycles. The van der Waals surface area contributed by atoms with Crippen LogP contribution in [0.3, 0.4) is 0 Å². The third-order valence-electron chi connectivity index (χ3n) is 3.97. The van der Waals surface area contributed by atoms with Crippen LogP contribution in [-0.4, -0.2) is 11.6 Å². The van der Waals surface area contributed by atoms with Gasteiger partial charge in [-0.15, -0.1) is 0 Å². The highest BCUT2D eigenvalue weighted by Gasteiger charge is 2.32. The summed E-state index contributed by atoms with van der Waals surface area (Å²) in [4.78, 5) is 25.4. The van der Waals surface area contributed by atoms with E-state index >= 15 is 0 Å². The highest BCUT2D eigenvalue weighted by Crippen LogP contribution is 2.38. The van der Waals surface area contributed by atoms with Gasteiger partial charge in [-0.1, -0.05) is 54.1 Å². The lowest BCUT2D eigenvalue weighted by atomic mass is 9.84. The Bertz CT molecular complexity index is 977. The molecule has 4 heteroatoms. The fraction of sp³-hybridized carbons (Fsp3) is 0. The number of hydrogen-bond donors (Lipinski definition) is 0. The van der Waals surface area contributed by atoms with Crippen molar-refractivity contribution in [2.24, 2.45) is 0 Å². The molecule has 1 aliphatic carbocycles. The number of benzene rings is 3. The zero-order valence-corrected chi connectivity index (χ0v) is 13.2. The van der Waals surface area contributed by atoms with E-state index < -0.39 is 0 Å². The van der Waals surface area contributed by atoms with E-state index in [1.807, 2.05) is 18.2 Å². The normalized spacial score (nSPS) is 12.5. The van der Waals surface area contributed by atoms with Crippen molar-refractivity contribution in [1.82, 2.24) is 0 Å². The number of carbonyl (C=O) groups excluding carboxylic acids is 2. The average molecular weight is 335 g/mol. The zero-order valence-electron chi connectivity index (χ0n) is 12.5. The third kappa shape index (κ3) is 2.22. The number of ether oxygens (including phenoxy) is 1. The predicted molar refractivity (Wildman–Crippen MR) is 91.3 cm³/mol. The second kappa shape index (κ2) is 5.62. The van der Waals surface area contributed by atoms with Crippen molar-refractivity contribution in [3.05, 3.63) is 94.0 Å². The molecule has 116 valence electrons. The molecule has 0 radical (unpaired) electrons. The van der Waals surface area contributed by atoms with Gasteiger partial charge in [-0.2, -0.15) is 0 Å². The molecule has 0 heterocycles. The maximum Gasteiger partial charge on any atom is 0.196 e. The van der Waals surface area contributed by atoms with Gasteiger partial charge in [0.15, 0.2) is 11.6 Å². The maximum atomic E-state index is 12.8. The molecule has 3 aromatic rings. The van der Waals surface area contributed by atoms with Crippen LogP contribution in [-0.2, 0) is 0 Å². The lowest BCUT2D eigenvalue weighted by Gasteiger charge is -2.19. The van der Waals surface area contributed by atoms with Crippen molar-refractivity contribution >= 4 is 23.2 Å². The Balaban J connectivity index is 1.84. The first-order chi connectivity index (χ1) is 11.7. The first-order valence-corrected chi connectivity index (χ1v) is 7.78. The average Bonchev–Trinajstić information content (AvgIpc) is 2.62. The maximum absolute atomic E-state index is 12.8. The van der Waals surface area contributed by atoms with Crippen LogP contribution in [0.1, 0.15) is 31.8 Å². The summed E-state index contributed by atoms with van der Waals surface area (Å²) < 4.78 is 5.75. The van der Waals surface area contributed by atoms with Crippen LogP contribution < -0.4 is 4.74 Å². The van der Waals surface area contributed by atoms with Crippen LogP contribution in [0.5, 0.6) is 11.5 Å². The van der Waals surface area contributed by atoms with Crippen LogP contribution in [0.25, 0.3) is 0 Å². The van der Waals surface area contributed by atoms with E-state index in [0.717, 1.165) is 0 Å². The van der Waals surface area contributed by atoms with E-state index in [-0.39, 0.29) is 22.2 Å². The molecular formula is C20H11ClO3. The molecular weight excluding hydrogens is 324 g/mol. The van der Waals surface area contributed by atoms with Gasteiger partial charge in [-0.3, -0.25) is 9.59 Å². The minimum absolute atomic E-state index is 0.157. The van der Waals surface area contributed by atoms with Crippen molar-refractivity contribution in [1.29, 1.82) is 0 Å². The second-order valence-corrected chi connectivity index (χ2v) is 5.80. The van der Waals surface area contributed by atoms with E-state index in [9.17, 15) is 9.59 Å². The summed E-state index contributed by atoms with van der Waals surface area (Å²) in [5.41, 5.74) is 1.29. The van der Waals surface area contributed by atoms with Crippen molar-refractivity contribution in [2.75, 3.05) is 0 Å². The summed E-state index contributed by atoms with van der Waals surface area (Å²) >= 11 is 6.41. The molecule has 3 nitrogen and oxygen atoms in total. The van der Waals surface area contributed by atoms with E-state index in [4.69, 9.17) is 16.3 Å². The number of fused-ring (bicyclic) bond motifs is 2. The number of ketones is 2. The zero-order chi connectivity index (χ0) is 16.7. The Morgan fingerprint density at radius 1 is 0.667 bits per heavy atom. The van der Waals surface area contributed by atoms with Crippen LogP contribution in [0.2, 0.25) is 5.02 Å². The SMILES string of the molecule is O=C1c2ccccc2C(=O)c2c1ccc(Oc1ccccc1)c2Cl. The molecule has 0 bridgehead atoms. The minimum atomic E-state index is -0.260. The van der Waals surface area contributed by atoms with Gasteiger partial charge in [0.2, 0.25) is 0 Å². The highest BCUT2D eigenvalue weighted by molar-refractivity contribution is 6.40. The van der Waals surface area contributed by atoms with Gasteiger partial charge < -0.3 is 4.74 Å². The molecule has 0 fully saturated rings. The molecule has 0 N–H and O–H groups in total. The number of para-hydroxylation sites is 1. The molecule has 4 rings (SSSR count). The van der Waals surface area contributed by atoms with E-state index in [1.54, 1.807) is 48.5 Å². The van der Waals surface area contributed by atoms with Crippen LogP contribution in [0.15, 0.2) is 66.7 Å². The van der Waals surface area contributed by atoms with Crippen LogP contribution >= 0.6 is 11.6 Å². The number of hydrogen-bond acceptors (Lipinski definition) is 3. The first-order valence-electron chi connectivity index (χ1n) is 7.40. The fourth-order valence-corrected chi connectivity index (χ4v) is 3.11. The van der Waals surface area contributed by atoms with E-state index in [1.165, 1.54) is 0 Å². The van der Waals surface area contributed by atoms with Gasteiger partial charge in [0.05, 0.1) is 10.6 Å². The lowest BCUT2D eigenvalue weighted by molar-refractivity contribution is 0.0979. The van der Waals surface area contributed by atoms with Gasteiger partial charge in [0, 0.05) is 16.7 Å². The smallest absolute Gasteiger partial charge is 0.196 e. The summed E-state index contributed by atoms with van der Waals surface area (Å²) in [6.07, 6.45) is 0. The van der Waals surface area contributed by atoms with E-state index in [2.05, 4.69) is 0 Å². The monoisotopic (exact) mass is 334 g/mol. The van der Waals surface area contributed by atoms with E-state index in [0.29, 0.717) is 28.2 Å². The van der Waals surface area contributed by atoms with Gasteiger partial charge in [-0.05, 0) is 24.3 Å². The Labute approximate surface area is 143 Å². The van der Waals surface area contributed by atoms with Crippen LogP contribution in [0, 0.1) is 0 Å². The lowest BCUT2D eigenvalue weighted by Crippen LogP contribution is -2.21. The summed E-state index contributed by atoms with van der Waals surface area (Å²) in [6.45, 7) is 0. The Kier molecular flexibility index (Phi) is 3.44. The molecule has 0 saturated heterocycles. The molecule has 0 saturated carbocycles. The Hall–Kier alpha value is -2.91.